The van der Waals surface area contributed by atoms with Crippen molar-refractivity contribution in [3.8, 4) is 0 Å². The normalized spacial score (nSPS) is 9.62. The Morgan fingerprint density at radius 1 is 1.50 bits per heavy atom. The molecule has 0 aromatic rings. The summed E-state index contributed by atoms with van der Waals surface area (Å²) < 4.78 is 0. The van der Waals surface area contributed by atoms with Gasteiger partial charge in [0.15, 0.2) is 0 Å². The van der Waals surface area contributed by atoms with E-state index >= 15 is 0 Å². The first-order valence-electron chi connectivity index (χ1n) is 2.26. The van der Waals surface area contributed by atoms with Crippen LogP contribution >= 0.6 is 0 Å². The number of allylic oxidation sites excluding steroid dienone is 2. The van der Waals surface area contributed by atoms with E-state index < -0.39 is 0 Å². The van der Waals surface area contributed by atoms with E-state index in [4.69, 9.17) is 16.6 Å². The van der Waals surface area contributed by atoms with Crippen molar-refractivity contribution in [2.45, 2.75) is 0 Å². The maximum Gasteiger partial charge on any atom is 0.0933 e. The maximum absolute atomic E-state index is 8.18. The van der Waals surface area contributed by atoms with Crippen molar-refractivity contribution in [3.63, 3.8) is 0 Å². The van der Waals surface area contributed by atoms with E-state index in [9.17, 15) is 0 Å². The molecule has 0 unspecified atom stereocenters. The van der Waals surface area contributed by atoms with Gasteiger partial charge in [0.05, 0.1) is 12.4 Å². The third-order valence-electron chi connectivity index (χ3n) is 0.530. The van der Waals surface area contributed by atoms with Crippen LogP contribution in [0.3, 0.4) is 0 Å². The molecular formula is C5H10N2O. The molecule has 0 rings (SSSR count). The molecule has 0 heterocycles. The zero-order valence-electron chi connectivity index (χ0n) is 4.54. The molecule has 0 aromatic heterocycles. The van der Waals surface area contributed by atoms with Gasteiger partial charge < -0.3 is 16.6 Å². The molecule has 0 fully saturated rings. The predicted molar refractivity (Wildman–Crippen MR) is 32.7 cm³/mol. The highest BCUT2D eigenvalue weighted by atomic mass is 16.2. The largest absolute Gasteiger partial charge is 0.392 e. The van der Waals surface area contributed by atoms with Gasteiger partial charge in [0, 0.05) is 0 Å². The smallest absolute Gasteiger partial charge is 0.0933 e. The molecule has 0 saturated heterocycles. The molecule has 0 bridgehead atoms. The monoisotopic (exact) mass is 114 g/mol. The fourth-order valence-electron chi connectivity index (χ4n) is 0.240. The van der Waals surface area contributed by atoms with Crippen molar-refractivity contribution in [2.24, 2.45) is 11.5 Å². The minimum atomic E-state index is 0.0176. The fourth-order valence-corrected chi connectivity index (χ4v) is 0.240. The SMILES string of the molecule is NC(N)=C/C=C/CO. The van der Waals surface area contributed by atoms with Gasteiger partial charge in [0.2, 0.25) is 0 Å². The molecule has 0 aliphatic heterocycles. The molecule has 0 spiro atoms. The summed E-state index contributed by atoms with van der Waals surface area (Å²) in [6.45, 7) is 0.0176. The molecule has 0 saturated carbocycles. The van der Waals surface area contributed by atoms with Crippen molar-refractivity contribution in [1.29, 1.82) is 0 Å². The Hall–Kier alpha value is -0.960. The molecule has 0 atom stereocenters. The second-order valence-corrected chi connectivity index (χ2v) is 1.28. The van der Waals surface area contributed by atoms with Gasteiger partial charge in [-0.2, -0.15) is 0 Å². The number of nitrogens with two attached hydrogens (primary N) is 2. The maximum atomic E-state index is 8.18. The first-order valence-corrected chi connectivity index (χ1v) is 2.26. The quantitative estimate of drug-likeness (QED) is 0.415. The molecule has 8 heavy (non-hydrogen) atoms. The van der Waals surface area contributed by atoms with Crippen molar-refractivity contribution in [3.05, 3.63) is 24.0 Å². The Kier molecular flexibility index (Phi) is 3.70. The summed E-state index contributed by atoms with van der Waals surface area (Å²) in [6.07, 6.45) is 4.64. The van der Waals surface area contributed by atoms with E-state index in [0.717, 1.165) is 0 Å². The van der Waals surface area contributed by atoms with Crippen LogP contribution in [-0.4, -0.2) is 11.7 Å². The van der Waals surface area contributed by atoms with E-state index in [1.54, 1.807) is 12.2 Å². The molecule has 0 aliphatic rings. The first-order chi connectivity index (χ1) is 3.77. The van der Waals surface area contributed by atoms with Crippen molar-refractivity contribution in [2.75, 3.05) is 6.61 Å². The van der Waals surface area contributed by atoms with Crippen LogP contribution < -0.4 is 11.5 Å². The zero-order chi connectivity index (χ0) is 6.41. The molecule has 0 amide bonds. The van der Waals surface area contributed by atoms with Crippen LogP contribution in [-0.2, 0) is 0 Å². The van der Waals surface area contributed by atoms with Gasteiger partial charge in [0.1, 0.15) is 0 Å². The van der Waals surface area contributed by atoms with E-state index in [1.165, 1.54) is 6.08 Å². The minimum absolute atomic E-state index is 0.0176. The number of hydrogen-bond acceptors (Lipinski definition) is 3. The number of aliphatic hydroxyl groups excluding tert-OH is 1. The van der Waals surface area contributed by atoms with Crippen LogP contribution in [0.25, 0.3) is 0 Å². The summed E-state index contributed by atoms with van der Waals surface area (Å²) in [5.74, 6) is 0.245. The van der Waals surface area contributed by atoms with Crippen LogP contribution in [0.5, 0.6) is 0 Å². The second kappa shape index (κ2) is 4.21. The molecule has 46 valence electrons. The highest BCUT2D eigenvalue weighted by Crippen LogP contribution is 1.74. The lowest BCUT2D eigenvalue weighted by Gasteiger charge is -1.82. The summed E-state index contributed by atoms with van der Waals surface area (Å²) >= 11 is 0. The van der Waals surface area contributed by atoms with E-state index in [0.29, 0.717) is 0 Å². The van der Waals surface area contributed by atoms with Gasteiger partial charge in [-0.3, -0.25) is 0 Å². The minimum Gasteiger partial charge on any atom is -0.392 e. The molecule has 0 aliphatic carbocycles. The van der Waals surface area contributed by atoms with Crippen LogP contribution in [0.1, 0.15) is 0 Å². The van der Waals surface area contributed by atoms with Gasteiger partial charge in [-0.1, -0.05) is 12.2 Å². The molecule has 3 nitrogen and oxygen atoms in total. The average Bonchev–Trinajstić information content (AvgIpc) is 1.66. The number of aliphatic hydroxyl groups is 1. The Labute approximate surface area is 48.3 Å². The van der Waals surface area contributed by atoms with E-state index in [-0.39, 0.29) is 12.4 Å². The summed E-state index contributed by atoms with van der Waals surface area (Å²) in [7, 11) is 0. The first kappa shape index (κ1) is 7.04. The topological polar surface area (TPSA) is 72.3 Å². The second-order valence-electron chi connectivity index (χ2n) is 1.28. The van der Waals surface area contributed by atoms with Crippen LogP contribution in [0.2, 0.25) is 0 Å². The van der Waals surface area contributed by atoms with Gasteiger partial charge in [0.25, 0.3) is 0 Å². The number of rotatable bonds is 2. The van der Waals surface area contributed by atoms with Crippen molar-refractivity contribution in [1.82, 2.24) is 0 Å². The summed E-state index contributed by atoms with van der Waals surface area (Å²) in [6, 6.07) is 0. The highest BCUT2D eigenvalue weighted by Gasteiger charge is 1.68. The summed E-state index contributed by atoms with van der Waals surface area (Å²) in [5, 5.41) is 8.18. The van der Waals surface area contributed by atoms with Crippen LogP contribution in [0.4, 0.5) is 0 Å². The molecule has 0 aromatic carbocycles. The van der Waals surface area contributed by atoms with E-state index in [1.807, 2.05) is 0 Å². The van der Waals surface area contributed by atoms with Crippen LogP contribution in [0.15, 0.2) is 24.0 Å². The average molecular weight is 114 g/mol. The molecule has 3 heteroatoms. The summed E-state index contributed by atoms with van der Waals surface area (Å²) in [5.41, 5.74) is 10.1. The molecule has 0 radical (unpaired) electrons. The van der Waals surface area contributed by atoms with Gasteiger partial charge in [-0.15, -0.1) is 0 Å². The standard InChI is InChI=1S/C5H10N2O/c6-5(7)3-1-2-4-8/h1-3,8H,4,6-7H2/b2-1+. The van der Waals surface area contributed by atoms with E-state index in [2.05, 4.69) is 0 Å². The third kappa shape index (κ3) is 5.04. The van der Waals surface area contributed by atoms with Gasteiger partial charge in [-0.05, 0) is 6.08 Å². The van der Waals surface area contributed by atoms with Crippen molar-refractivity contribution < 1.29 is 5.11 Å². The molecule has 5 N–H and O–H groups in total. The molecular weight excluding hydrogens is 104 g/mol. The Morgan fingerprint density at radius 2 is 2.12 bits per heavy atom. The van der Waals surface area contributed by atoms with Gasteiger partial charge >= 0.3 is 0 Å². The Morgan fingerprint density at radius 3 is 2.50 bits per heavy atom. The summed E-state index contributed by atoms with van der Waals surface area (Å²) in [4.78, 5) is 0. The van der Waals surface area contributed by atoms with Crippen LogP contribution in [0, 0.1) is 0 Å². The Balaban J connectivity index is 3.42. The Bertz CT molecular complexity index is 103. The highest BCUT2D eigenvalue weighted by molar-refractivity contribution is 5.06. The fraction of sp³-hybridized carbons (Fsp3) is 0.200. The van der Waals surface area contributed by atoms with Crippen molar-refractivity contribution >= 4 is 0 Å². The van der Waals surface area contributed by atoms with Gasteiger partial charge in [-0.25, -0.2) is 0 Å². The lowest BCUT2D eigenvalue weighted by molar-refractivity contribution is 0.343. The lowest BCUT2D eigenvalue weighted by Crippen LogP contribution is -2.06. The number of hydrogen-bond donors (Lipinski definition) is 3. The third-order valence-corrected chi connectivity index (χ3v) is 0.530. The lowest BCUT2D eigenvalue weighted by atomic mass is 10.5. The predicted octanol–water partition coefficient (Wildman–Crippen LogP) is -0.706. The zero-order valence-corrected chi connectivity index (χ0v) is 4.54.